The first-order valence-corrected chi connectivity index (χ1v) is 5.39. The van der Waals surface area contributed by atoms with Gasteiger partial charge in [-0.15, -0.1) is 0 Å². The van der Waals surface area contributed by atoms with Gasteiger partial charge in [0.25, 0.3) is 0 Å². The molecule has 84 valence electrons. The molecule has 0 radical (unpaired) electrons. The molecule has 0 aliphatic heterocycles. The third kappa shape index (κ3) is 5.52. The van der Waals surface area contributed by atoms with Gasteiger partial charge in [0.2, 0.25) is 0 Å². The van der Waals surface area contributed by atoms with E-state index in [1.54, 1.807) is 7.11 Å². The summed E-state index contributed by atoms with van der Waals surface area (Å²) in [6, 6.07) is 0.902. The van der Waals surface area contributed by atoms with Gasteiger partial charge in [0.15, 0.2) is 0 Å². The number of ether oxygens (including phenoxy) is 1. The maximum absolute atomic E-state index is 5.51. The predicted molar refractivity (Wildman–Crippen MR) is 64.6 cm³/mol. The monoisotopic (exact) mass is 218 g/mol. The number of hydrogen-bond donors (Lipinski definition) is 1. The van der Waals surface area contributed by atoms with E-state index >= 15 is 0 Å². The zero-order chi connectivity index (χ0) is 11.1. The van der Waals surface area contributed by atoms with Crippen molar-refractivity contribution in [1.29, 1.82) is 0 Å². The molecule has 0 rings (SSSR count). The van der Waals surface area contributed by atoms with Gasteiger partial charge in [-0.3, -0.25) is 0 Å². The third-order valence-corrected chi connectivity index (χ3v) is 2.79. The molecular formula is C10H22N2OS. The Bertz CT molecular complexity index is 176. The van der Waals surface area contributed by atoms with Gasteiger partial charge < -0.3 is 15.4 Å². The van der Waals surface area contributed by atoms with Gasteiger partial charge in [-0.05, 0) is 27.3 Å². The lowest BCUT2D eigenvalue weighted by Gasteiger charge is -2.30. The fraction of sp³-hybridized carbons (Fsp3) is 0.900. The first-order valence-electron chi connectivity index (χ1n) is 4.98. The van der Waals surface area contributed by atoms with E-state index in [1.165, 1.54) is 0 Å². The number of rotatable bonds is 7. The second-order valence-electron chi connectivity index (χ2n) is 3.82. The molecule has 0 bridgehead atoms. The van der Waals surface area contributed by atoms with Crippen molar-refractivity contribution in [1.82, 2.24) is 4.90 Å². The lowest BCUT2D eigenvalue weighted by atomic mass is 10.1. The van der Waals surface area contributed by atoms with Crippen LogP contribution in [0.1, 0.15) is 26.7 Å². The maximum atomic E-state index is 5.51. The molecule has 0 saturated carbocycles. The third-order valence-electron chi connectivity index (χ3n) is 2.63. The molecule has 0 heterocycles. The molecule has 14 heavy (non-hydrogen) atoms. The minimum atomic E-state index is 0.402. The van der Waals surface area contributed by atoms with Crippen LogP contribution in [0.5, 0.6) is 0 Å². The van der Waals surface area contributed by atoms with Gasteiger partial charge in [-0.2, -0.15) is 0 Å². The van der Waals surface area contributed by atoms with Gasteiger partial charge in [0, 0.05) is 32.2 Å². The Kier molecular flexibility index (Phi) is 7.05. The molecule has 2 atom stereocenters. The van der Waals surface area contributed by atoms with Crippen molar-refractivity contribution in [2.75, 3.05) is 20.8 Å². The number of hydrogen-bond acceptors (Lipinski definition) is 3. The van der Waals surface area contributed by atoms with Crippen LogP contribution < -0.4 is 5.73 Å². The second kappa shape index (κ2) is 7.15. The first kappa shape index (κ1) is 13.8. The summed E-state index contributed by atoms with van der Waals surface area (Å²) < 4.78 is 5.05. The minimum Gasteiger partial charge on any atom is -0.393 e. The zero-order valence-electron chi connectivity index (χ0n) is 9.62. The Morgan fingerprint density at radius 1 is 1.43 bits per heavy atom. The normalized spacial score (nSPS) is 15.5. The highest BCUT2D eigenvalue weighted by atomic mass is 32.1. The molecule has 4 heteroatoms. The number of nitrogens with zero attached hydrogens (tertiary/aromatic N) is 1. The fourth-order valence-corrected chi connectivity index (χ4v) is 1.60. The molecule has 0 amide bonds. The molecule has 0 aromatic rings. The summed E-state index contributed by atoms with van der Waals surface area (Å²) in [4.78, 5) is 2.88. The molecule has 0 aliphatic rings. The molecule has 0 aromatic carbocycles. The van der Waals surface area contributed by atoms with Crippen molar-refractivity contribution in [3.63, 3.8) is 0 Å². The van der Waals surface area contributed by atoms with E-state index in [0.29, 0.717) is 17.1 Å². The quantitative estimate of drug-likeness (QED) is 0.656. The Labute approximate surface area is 92.6 Å². The molecule has 0 aromatic heterocycles. The van der Waals surface area contributed by atoms with Gasteiger partial charge in [-0.1, -0.05) is 12.2 Å². The Morgan fingerprint density at radius 2 is 2.00 bits per heavy atom. The highest BCUT2D eigenvalue weighted by Crippen LogP contribution is 2.09. The summed E-state index contributed by atoms with van der Waals surface area (Å²) >= 11 is 4.89. The summed E-state index contributed by atoms with van der Waals surface area (Å²) in [5.74, 6) is 0. The number of thiocarbonyl (C=S) groups is 1. The summed E-state index contributed by atoms with van der Waals surface area (Å²) in [6.07, 6.45) is 1.82. The van der Waals surface area contributed by atoms with E-state index in [-0.39, 0.29) is 0 Å². The van der Waals surface area contributed by atoms with Crippen molar-refractivity contribution < 1.29 is 4.74 Å². The Balaban J connectivity index is 3.89. The smallest absolute Gasteiger partial charge is 0.0742 e. The zero-order valence-corrected chi connectivity index (χ0v) is 10.4. The minimum absolute atomic E-state index is 0.402. The van der Waals surface area contributed by atoms with Gasteiger partial charge in [-0.25, -0.2) is 0 Å². The fourth-order valence-electron chi connectivity index (χ4n) is 1.36. The highest BCUT2D eigenvalue weighted by molar-refractivity contribution is 7.80. The van der Waals surface area contributed by atoms with Crippen LogP contribution in [0.25, 0.3) is 0 Å². The number of methoxy groups -OCH3 is 1. The topological polar surface area (TPSA) is 38.5 Å². The molecule has 0 aliphatic carbocycles. The lowest BCUT2D eigenvalue weighted by Crippen LogP contribution is -2.39. The van der Waals surface area contributed by atoms with E-state index in [2.05, 4.69) is 25.8 Å². The van der Waals surface area contributed by atoms with Crippen molar-refractivity contribution in [2.24, 2.45) is 5.73 Å². The van der Waals surface area contributed by atoms with E-state index in [0.717, 1.165) is 19.4 Å². The van der Waals surface area contributed by atoms with E-state index < -0.39 is 0 Å². The summed E-state index contributed by atoms with van der Waals surface area (Å²) in [7, 11) is 3.83. The Morgan fingerprint density at radius 3 is 2.43 bits per heavy atom. The standard InChI is InChI=1S/C10H22N2OS/c1-8(5-6-13-4)12(3)9(2)7-10(11)14/h8-9H,5-7H2,1-4H3,(H2,11,14). The van der Waals surface area contributed by atoms with Gasteiger partial charge in [0.1, 0.15) is 0 Å². The van der Waals surface area contributed by atoms with Crippen LogP contribution in [-0.4, -0.2) is 42.7 Å². The second-order valence-corrected chi connectivity index (χ2v) is 4.34. The molecule has 2 unspecified atom stereocenters. The van der Waals surface area contributed by atoms with Crippen LogP contribution in [0.3, 0.4) is 0 Å². The lowest BCUT2D eigenvalue weighted by molar-refractivity contribution is 0.134. The molecule has 0 spiro atoms. The predicted octanol–water partition coefficient (Wildman–Crippen LogP) is 1.41. The van der Waals surface area contributed by atoms with Crippen LogP contribution in [0.2, 0.25) is 0 Å². The maximum Gasteiger partial charge on any atom is 0.0742 e. The van der Waals surface area contributed by atoms with Crippen LogP contribution in [0.15, 0.2) is 0 Å². The van der Waals surface area contributed by atoms with Crippen molar-refractivity contribution >= 4 is 17.2 Å². The first-order chi connectivity index (χ1) is 6.49. The molecular weight excluding hydrogens is 196 g/mol. The van der Waals surface area contributed by atoms with E-state index in [4.69, 9.17) is 22.7 Å². The summed E-state index contributed by atoms with van der Waals surface area (Å²) in [5.41, 5.74) is 5.51. The van der Waals surface area contributed by atoms with Crippen molar-refractivity contribution in [2.45, 2.75) is 38.8 Å². The van der Waals surface area contributed by atoms with E-state index in [9.17, 15) is 0 Å². The van der Waals surface area contributed by atoms with Gasteiger partial charge in [0.05, 0.1) is 4.99 Å². The summed E-state index contributed by atoms with van der Waals surface area (Å²) in [6.45, 7) is 5.13. The molecule has 0 fully saturated rings. The average Bonchev–Trinajstić information content (AvgIpc) is 2.11. The highest BCUT2D eigenvalue weighted by Gasteiger charge is 2.15. The Hall–Kier alpha value is -0.190. The van der Waals surface area contributed by atoms with Crippen molar-refractivity contribution in [3.05, 3.63) is 0 Å². The molecule has 2 N–H and O–H groups in total. The number of nitrogens with two attached hydrogens (primary N) is 1. The average molecular weight is 218 g/mol. The largest absolute Gasteiger partial charge is 0.393 e. The SMILES string of the molecule is COCCC(C)N(C)C(C)CC(N)=S. The molecule has 3 nitrogen and oxygen atoms in total. The van der Waals surface area contributed by atoms with E-state index in [1.807, 2.05) is 0 Å². The summed E-state index contributed by atoms with van der Waals surface area (Å²) in [5, 5.41) is 0. The van der Waals surface area contributed by atoms with Crippen LogP contribution >= 0.6 is 12.2 Å². The van der Waals surface area contributed by atoms with Crippen molar-refractivity contribution in [3.8, 4) is 0 Å². The van der Waals surface area contributed by atoms with Crippen LogP contribution in [0, 0.1) is 0 Å². The van der Waals surface area contributed by atoms with Crippen LogP contribution in [-0.2, 0) is 4.74 Å². The van der Waals surface area contributed by atoms with Crippen LogP contribution in [0.4, 0.5) is 0 Å². The molecule has 0 saturated heterocycles. The van der Waals surface area contributed by atoms with Gasteiger partial charge >= 0.3 is 0 Å².